The van der Waals surface area contributed by atoms with Crippen molar-refractivity contribution in [3.8, 4) is 17.9 Å². The summed E-state index contributed by atoms with van der Waals surface area (Å²) in [7, 11) is 0. The minimum atomic E-state index is -0.438. The van der Waals surface area contributed by atoms with Crippen LogP contribution in [0.5, 0.6) is 6.01 Å². The van der Waals surface area contributed by atoms with E-state index < -0.39 is 5.91 Å². The number of carbonyl (C=O) groups excluding carboxylic acids is 1. The van der Waals surface area contributed by atoms with Gasteiger partial charge in [0.15, 0.2) is 0 Å². The van der Waals surface area contributed by atoms with E-state index in [1.54, 1.807) is 6.92 Å². The molecule has 0 aliphatic carbocycles. The topological polar surface area (TPSA) is 79.9 Å². The van der Waals surface area contributed by atoms with Crippen LogP contribution in [0.4, 0.5) is 5.95 Å². The van der Waals surface area contributed by atoms with Crippen LogP contribution in [0.15, 0.2) is 0 Å². The molecule has 2 N–H and O–H groups in total. The highest BCUT2D eigenvalue weighted by Crippen LogP contribution is 2.04. The van der Waals surface area contributed by atoms with E-state index in [1.807, 2.05) is 6.92 Å². The van der Waals surface area contributed by atoms with Crippen LogP contribution in [0, 0.1) is 11.8 Å². The van der Waals surface area contributed by atoms with Gasteiger partial charge < -0.3 is 4.74 Å². The fourth-order valence-corrected chi connectivity index (χ4v) is 0.748. The first kappa shape index (κ1) is 10.1. The minimum absolute atomic E-state index is 0.201. The third kappa shape index (κ3) is 2.79. The van der Waals surface area contributed by atoms with E-state index in [2.05, 4.69) is 32.3 Å². The van der Waals surface area contributed by atoms with Crippen LogP contribution >= 0.6 is 0 Å². The molecule has 14 heavy (non-hydrogen) atoms. The summed E-state index contributed by atoms with van der Waals surface area (Å²) in [6.45, 7) is 3.86. The summed E-state index contributed by atoms with van der Waals surface area (Å²) >= 11 is 0. The van der Waals surface area contributed by atoms with Gasteiger partial charge in [0.1, 0.15) is 0 Å². The maximum absolute atomic E-state index is 11.0. The van der Waals surface area contributed by atoms with Crippen molar-refractivity contribution in [1.82, 2.24) is 15.2 Å². The van der Waals surface area contributed by atoms with Gasteiger partial charge in [-0.25, -0.2) is 5.10 Å². The summed E-state index contributed by atoms with van der Waals surface area (Å²) in [5, 5.41) is 8.59. The average molecular weight is 194 g/mol. The molecule has 0 saturated heterocycles. The molecule has 0 aromatic carbocycles. The highest BCUT2D eigenvalue weighted by Gasteiger charge is 2.04. The summed E-state index contributed by atoms with van der Waals surface area (Å²) in [6, 6.07) is 0.201. The molecule has 0 aliphatic heterocycles. The Bertz CT molecular complexity index is 374. The van der Waals surface area contributed by atoms with Gasteiger partial charge >= 0.3 is 11.9 Å². The largest absolute Gasteiger partial charge is 0.463 e. The Labute approximate surface area is 81.1 Å². The molecule has 6 heteroatoms. The van der Waals surface area contributed by atoms with Crippen LogP contribution in [0.25, 0.3) is 0 Å². The van der Waals surface area contributed by atoms with E-state index >= 15 is 0 Å². The summed E-state index contributed by atoms with van der Waals surface area (Å²) in [5.41, 5.74) is 0. The maximum Gasteiger partial charge on any atom is 0.337 e. The summed E-state index contributed by atoms with van der Waals surface area (Å²) in [5.74, 6) is 4.56. The van der Waals surface area contributed by atoms with Crippen molar-refractivity contribution >= 4 is 11.9 Å². The zero-order valence-corrected chi connectivity index (χ0v) is 7.92. The lowest BCUT2D eigenvalue weighted by Crippen LogP contribution is -2.09. The van der Waals surface area contributed by atoms with Crippen molar-refractivity contribution < 1.29 is 9.53 Å². The van der Waals surface area contributed by atoms with E-state index in [-0.39, 0.29) is 12.0 Å². The van der Waals surface area contributed by atoms with Gasteiger partial charge in [0.2, 0.25) is 5.95 Å². The van der Waals surface area contributed by atoms with Crippen LogP contribution in [0.1, 0.15) is 13.8 Å². The number of hydrogen-bond donors (Lipinski definition) is 2. The third-order valence-electron chi connectivity index (χ3n) is 1.21. The Morgan fingerprint density at radius 1 is 1.71 bits per heavy atom. The number of anilines is 1. The van der Waals surface area contributed by atoms with E-state index in [9.17, 15) is 4.79 Å². The number of nitrogens with one attached hydrogen (secondary N) is 2. The van der Waals surface area contributed by atoms with Crippen LogP contribution in [-0.4, -0.2) is 27.7 Å². The summed E-state index contributed by atoms with van der Waals surface area (Å²) in [6.07, 6.45) is 0. The van der Waals surface area contributed by atoms with Crippen molar-refractivity contribution in [3.63, 3.8) is 0 Å². The van der Waals surface area contributed by atoms with Gasteiger partial charge in [-0.15, -0.1) is 5.10 Å². The van der Waals surface area contributed by atoms with Crippen molar-refractivity contribution in [2.75, 3.05) is 11.9 Å². The molecule has 0 aliphatic rings. The molecule has 0 radical (unpaired) electrons. The molecule has 0 bridgehead atoms. The first-order valence-electron chi connectivity index (χ1n) is 4.05. The predicted octanol–water partition coefficient (Wildman–Crippen LogP) is 0.165. The minimum Gasteiger partial charge on any atom is -0.463 e. The number of carbonyl (C=O) groups is 1. The highest BCUT2D eigenvalue weighted by molar-refractivity contribution is 6.02. The first-order chi connectivity index (χ1) is 6.76. The fourth-order valence-electron chi connectivity index (χ4n) is 0.748. The van der Waals surface area contributed by atoms with Crippen LogP contribution in [-0.2, 0) is 4.79 Å². The second-order valence-electron chi connectivity index (χ2n) is 2.23. The number of nitrogens with zero attached hydrogens (tertiary/aromatic N) is 2. The molecule has 74 valence electrons. The average Bonchev–Trinajstić information content (AvgIpc) is 2.53. The Hall–Kier alpha value is -2.03. The molecule has 0 saturated carbocycles. The summed E-state index contributed by atoms with van der Waals surface area (Å²) in [4.78, 5) is 14.8. The van der Waals surface area contributed by atoms with Gasteiger partial charge in [0.05, 0.1) is 6.61 Å². The maximum atomic E-state index is 11.0. The number of amides is 1. The SMILES string of the molecule is CC#CC(=O)Nc1nc(OCC)n[nH]1. The highest BCUT2D eigenvalue weighted by atomic mass is 16.5. The van der Waals surface area contributed by atoms with Gasteiger partial charge in [-0.2, -0.15) is 4.98 Å². The van der Waals surface area contributed by atoms with Crippen molar-refractivity contribution in [1.29, 1.82) is 0 Å². The number of hydrogen-bond acceptors (Lipinski definition) is 4. The van der Waals surface area contributed by atoms with Gasteiger partial charge in [0, 0.05) is 0 Å². The molecule has 1 aromatic rings. The van der Waals surface area contributed by atoms with Crippen LogP contribution in [0.2, 0.25) is 0 Å². The number of aromatic amines is 1. The number of aromatic nitrogens is 3. The van der Waals surface area contributed by atoms with Crippen molar-refractivity contribution in [3.05, 3.63) is 0 Å². The van der Waals surface area contributed by atoms with E-state index in [1.165, 1.54) is 0 Å². The second kappa shape index (κ2) is 4.87. The molecule has 6 nitrogen and oxygen atoms in total. The molecule has 0 atom stereocenters. The zero-order valence-electron chi connectivity index (χ0n) is 7.92. The van der Waals surface area contributed by atoms with Gasteiger partial charge in [-0.1, -0.05) is 5.92 Å². The Kier molecular flexibility index (Phi) is 3.49. The molecular weight excluding hydrogens is 184 g/mol. The van der Waals surface area contributed by atoms with Gasteiger partial charge in [0.25, 0.3) is 0 Å². The van der Waals surface area contributed by atoms with Crippen LogP contribution in [0.3, 0.4) is 0 Å². The number of rotatable bonds is 3. The monoisotopic (exact) mass is 194 g/mol. The lowest BCUT2D eigenvalue weighted by atomic mass is 10.6. The first-order valence-corrected chi connectivity index (χ1v) is 4.05. The fraction of sp³-hybridized carbons (Fsp3) is 0.375. The zero-order chi connectivity index (χ0) is 10.4. The third-order valence-corrected chi connectivity index (χ3v) is 1.21. The molecular formula is C8H10N4O2. The lowest BCUT2D eigenvalue weighted by Gasteiger charge is -1.92. The van der Waals surface area contributed by atoms with E-state index in [0.717, 1.165) is 0 Å². The Morgan fingerprint density at radius 2 is 2.50 bits per heavy atom. The Balaban J connectivity index is 2.58. The Morgan fingerprint density at radius 3 is 3.14 bits per heavy atom. The molecule has 1 rings (SSSR count). The molecule has 0 unspecified atom stereocenters. The summed E-state index contributed by atoms with van der Waals surface area (Å²) < 4.78 is 4.99. The molecule has 1 amide bonds. The lowest BCUT2D eigenvalue weighted by molar-refractivity contribution is -0.111. The number of H-pyrrole nitrogens is 1. The predicted molar refractivity (Wildman–Crippen MR) is 49.6 cm³/mol. The molecule has 1 heterocycles. The van der Waals surface area contributed by atoms with Gasteiger partial charge in [-0.05, 0) is 19.8 Å². The van der Waals surface area contributed by atoms with Crippen molar-refractivity contribution in [2.24, 2.45) is 0 Å². The van der Waals surface area contributed by atoms with E-state index in [0.29, 0.717) is 6.61 Å². The second-order valence-corrected chi connectivity index (χ2v) is 2.23. The molecule has 0 spiro atoms. The standard InChI is InChI=1S/C8H10N4O2/c1-3-5-6(13)9-7-10-8(12-11-7)14-4-2/h4H2,1-2H3,(H2,9,10,11,12,13). The quantitative estimate of drug-likeness (QED) is 0.672. The smallest absolute Gasteiger partial charge is 0.337 e. The van der Waals surface area contributed by atoms with Crippen LogP contribution < -0.4 is 10.1 Å². The van der Waals surface area contributed by atoms with Crippen molar-refractivity contribution in [2.45, 2.75) is 13.8 Å². The molecule has 1 aromatic heterocycles. The van der Waals surface area contributed by atoms with E-state index in [4.69, 9.17) is 4.74 Å². The molecule has 0 fully saturated rings. The number of ether oxygens (including phenoxy) is 1. The van der Waals surface area contributed by atoms with Gasteiger partial charge in [-0.3, -0.25) is 10.1 Å². The normalized spacial score (nSPS) is 8.71.